The second-order valence-corrected chi connectivity index (χ2v) is 3.59. The summed E-state index contributed by atoms with van der Waals surface area (Å²) >= 11 is 0. The van der Waals surface area contributed by atoms with Crippen molar-refractivity contribution in [3.05, 3.63) is 42.9 Å². The van der Waals surface area contributed by atoms with Crippen molar-refractivity contribution >= 4 is 11.2 Å². The summed E-state index contributed by atoms with van der Waals surface area (Å²) in [5.74, 6) is 0.913. The molecule has 3 rings (SSSR count). The zero-order valence-electron chi connectivity index (χ0n) is 8.83. The van der Waals surface area contributed by atoms with Crippen molar-refractivity contribution in [1.82, 2.24) is 19.5 Å². The molecule has 3 aromatic rings. The van der Waals surface area contributed by atoms with Crippen molar-refractivity contribution in [3.63, 3.8) is 0 Å². The molecule has 0 spiro atoms. The Morgan fingerprint density at radius 1 is 1.12 bits per heavy atom. The van der Waals surface area contributed by atoms with E-state index in [1.165, 1.54) is 6.33 Å². The number of hydrogen-bond donors (Lipinski definition) is 0. The van der Waals surface area contributed by atoms with E-state index in [4.69, 9.17) is 0 Å². The highest BCUT2D eigenvalue weighted by Crippen LogP contribution is 2.21. The Morgan fingerprint density at radius 2 is 1.94 bits per heavy atom. The molecule has 0 N–H and O–H groups in total. The molecule has 0 amide bonds. The Balaban J connectivity index is 2.29. The first-order valence-electron chi connectivity index (χ1n) is 5.04. The average Bonchev–Trinajstić information content (AvgIpc) is 2.69. The minimum Gasteiger partial charge on any atom is -0.324 e. The van der Waals surface area contributed by atoms with Gasteiger partial charge in [-0.2, -0.15) is 0 Å². The van der Waals surface area contributed by atoms with Crippen molar-refractivity contribution in [2.45, 2.75) is 0 Å². The van der Waals surface area contributed by atoms with Crippen LogP contribution in [0, 0.1) is 0 Å². The topological polar surface area (TPSA) is 43.6 Å². The Bertz CT molecular complexity index is 628. The summed E-state index contributed by atoms with van der Waals surface area (Å²) in [6, 6.07) is 10.1. The van der Waals surface area contributed by atoms with Crippen LogP contribution in [0.4, 0.5) is 0 Å². The first-order valence-corrected chi connectivity index (χ1v) is 5.04. The Morgan fingerprint density at radius 3 is 2.69 bits per heavy atom. The summed E-state index contributed by atoms with van der Waals surface area (Å²) in [6.07, 6.45) is 3.30. The maximum absolute atomic E-state index is 4.49. The van der Waals surface area contributed by atoms with E-state index in [-0.39, 0.29) is 0 Å². The van der Waals surface area contributed by atoms with Gasteiger partial charge in [-0.25, -0.2) is 15.0 Å². The summed E-state index contributed by atoms with van der Waals surface area (Å²) in [7, 11) is 1.97. The van der Waals surface area contributed by atoms with Gasteiger partial charge in [0.25, 0.3) is 0 Å². The van der Waals surface area contributed by atoms with Crippen molar-refractivity contribution in [3.8, 4) is 11.4 Å². The van der Waals surface area contributed by atoms with E-state index in [2.05, 4.69) is 15.0 Å². The minimum absolute atomic E-state index is 0.733. The fraction of sp³-hybridized carbons (Fsp3) is 0.0833. The molecule has 0 atom stereocenters. The monoisotopic (exact) mass is 210 g/mol. The number of benzene rings is 1. The van der Waals surface area contributed by atoms with E-state index < -0.39 is 0 Å². The van der Waals surface area contributed by atoms with E-state index >= 15 is 0 Å². The summed E-state index contributed by atoms with van der Waals surface area (Å²) in [5, 5.41) is 0. The van der Waals surface area contributed by atoms with Gasteiger partial charge in [0.05, 0.1) is 6.20 Å². The van der Waals surface area contributed by atoms with Crippen LogP contribution >= 0.6 is 0 Å². The lowest BCUT2D eigenvalue weighted by Crippen LogP contribution is -1.92. The fourth-order valence-corrected chi connectivity index (χ4v) is 1.77. The SMILES string of the molecule is Cn1c(-c2ccccc2)nc2ncncc21. The van der Waals surface area contributed by atoms with Crippen LogP contribution in [0.25, 0.3) is 22.6 Å². The van der Waals surface area contributed by atoms with Crippen LogP contribution in [-0.4, -0.2) is 19.5 Å². The van der Waals surface area contributed by atoms with Crippen LogP contribution in [-0.2, 0) is 7.05 Å². The zero-order valence-corrected chi connectivity index (χ0v) is 8.83. The fourth-order valence-electron chi connectivity index (χ4n) is 1.77. The second-order valence-electron chi connectivity index (χ2n) is 3.59. The molecule has 0 bridgehead atoms. The molecule has 4 nitrogen and oxygen atoms in total. The predicted molar refractivity (Wildman–Crippen MR) is 61.7 cm³/mol. The predicted octanol–water partition coefficient (Wildman–Crippen LogP) is 2.03. The number of imidazole rings is 1. The highest BCUT2D eigenvalue weighted by atomic mass is 15.1. The molecule has 2 heterocycles. The molecular weight excluding hydrogens is 200 g/mol. The average molecular weight is 210 g/mol. The summed E-state index contributed by atoms with van der Waals surface area (Å²) in [4.78, 5) is 12.6. The van der Waals surface area contributed by atoms with Crippen LogP contribution in [0.1, 0.15) is 0 Å². The Hall–Kier alpha value is -2.23. The highest BCUT2D eigenvalue weighted by molar-refractivity contribution is 5.76. The molecule has 0 saturated heterocycles. The number of hydrogen-bond acceptors (Lipinski definition) is 3. The van der Waals surface area contributed by atoms with Gasteiger partial charge in [0.1, 0.15) is 17.7 Å². The third-order valence-electron chi connectivity index (χ3n) is 2.60. The van der Waals surface area contributed by atoms with E-state index in [0.717, 1.165) is 22.6 Å². The van der Waals surface area contributed by atoms with Crippen molar-refractivity contribution in [1.29, 1.82) is 0 Å². The summed E-state index contributed by atoms with van der Waals surface area (Å²) < 4.78 is 2.00. The molecule has 4 heteroatoms. The highest BCUT2D eigenvalue weighted by Gasteiger charge is 2.09. The number of fused-ring (bicyclic) bond motifs is 1. The van der Waals surface area contributed by atoms with Crippen LogP contribution in [0.2, 0.25) is 0 Å². The Labute approximate surface area is 92.6 Å². The van der Waals surface area contributed by atoms with Gasteiger partial charge in [0, 0.05) is 12.6 Å². The molecule has 0 fully saturated rings. The van der Waals surface area contributed by atoms with Gasteiger partial charge >= 0.3 is 0 Å². The number of nitrogens with zero attached hydrogens (tertiary/aromatic N) is 4. The van der Waals surface area contributed by atoms with E-state index in [1.807, 2.05) is 41.9 Å². The molecule has 0 unspecified atom stereocenters. The van der Waals surface area contributed by atoms with Gasteiger partial charge < -0.3 is 4.57 Å². The van der Waals surface area contributed by atoms with Crippen LogP contribution in [0.5, 0.6) is 0 Å². The van der Waals surface area contributed by atoms with Crippen molar-refractivity contribution in [2.24, 2.45) is 7.05 Å². The van der Waals surface area contributed by atoms with E-state index in [1.54, 1.807) is 6.20 Å². The van der Waals surface area contributed by atoms with Gasteiger partial charge in [-0.1, -0.05) is 30.3 Å². The normalized spacial score (nSPS) is 10.8. The number of rotatable bonds is 1. The van der Waals surface area contributed by atoms with Crippen LogP contribution < -0.4 is 0 Å². The van der Waals surface area contributed by atoms with E-state index in [9.17, 15) is 0 Å². The molecule has 0 aliphatic heterocycles. The number of aryl methyl sites for hydroxylation is 1. The quantitative estimate of drug-likeness (QED) is 0.617. The van der Waals surface area contributed by atoms with E-state index in [0.29, 0.717) is 0 Å². The lowest BCUT2D eigenvalue weighted by atomic mass is 10.2. The molecule has 2 aromatic heterocycles. The first-order chi connectivity index (χ1) is 7.86. The molecule has 0 saturated carbocycles. The molecule has 0 aliphatic carbocycles. The van der Waals surface area contributed by atoms with Gasteiger partial charge in [-0.05, 0) is 0 Å². The summed E-state index contributed by atoms with van der Waals surface area (Å²) in [6.45, 7) is 0. The van der Waals surface area contributed by atoms with Gasteiger partial charge in [0.2, 0.25) is 0 Å². The number of aromatic nitrogens is 4. The maximum atomic E-state index is 4.49. The van der Waals surface area contributed by atoms with Gasteiger partial charge in [-0.3, -0.25) is 0 Å². The second kappa shape index (κ2) is 3.41. The molecule has 0 radical (unpaired) electrons. The molecule has 1 aromatic carbocycles. The minimum atomic E-state index is 0.733. The molecular formula is C12H10N4. The molecule has 78 valence electrons. The largest absolute Gasteiger partial charge is 0.324 e. The first kappa shape index (κ1) is 9.03. The lowest BCUT2D eigenvalue weighted by Gasteiger charge is -2.00. The van der Waals surface area contributed by atoms with Crippen LogP contribution in [0.3, 0.4) is 0 Å². The lowest BCUT2D eigenvalue weighted by molar-refractivity contribution is 0.956. The van der Waals surface area contributed by atoms with Crippen molar-refractivity contribution < 1.29 is 0 Å². The Kier molecular flexibility index (Phi) is 1.93. The smallest absolute Gasteiger partial charge is 0.181 e. The van der Waals surface area contributed by atoms with Gasteiger partial charge in [0.15, 0.2) is 5.65 Å². The van der Waals surface area contributed by atoms with Gasteiger partial charge in [-0.15, -0.1) is 0 Å². The van der Waals surface area contributed by atoms with Crippen molar-refractivity contribution in [2.75, 3.05) is 0 Å². The van der Waals surface area contributed by atoms with Crippen LogP contribution in [0.15, 0.2) is 42.9 Å². The molecule has 16 heavy (non-hydrogen) atoms. The summed E-state index contributed by atoms with van der Waals surface area (Å²) in [5.41, 5.74) is 2.76. The standard InChI is InChI=1S/C12H10N4/c1-16-10-7-13-8-14-11(10)15-12(16)9-5-3-2-4-6-9/h2-8H,1H3. The maximum Gasteiger partial charge on any atom is 0.181 e. The molecule has 0 aliphatic rings. The third-order valence-corrected chi connectivity index (χ3v) is 2.60. The third kappa shape index (κ3) is 1.27. The zero-order chi connectivity index (χ0) is 11.0.